The lowest BCUT2D eigenvalue weighted by Crippen LogP contribution is -2.34. The highest BCUT2D eigenvalue weighted by Crippen LogP contribution is 2.35. The molecule has 1 fully saturated rings. The SMILES string of the molecule is Cl.O=C(O)C1(c2cccnc2)CCCO1. The van der Waals surface area contributed by atoms with Crippen molar-refractivity contribution in [3.8, 4) is 0 Å². The molecule has 1 aliphatic heterocycles. The first kappa shape index (κ1) is 11.9. The van der Waals surface area contributed by atoms with Crippen LogP contribution in [-0.2, 0) is 15.1 Å². The molecule has 1 aliphatic rings. The number of carboxylic acid groups (broad SMARTS) is 1. The standard InChI is InChI=1S/C10H11NO3.ClH/c12-9(13)10(4-2-6-14-10)8-3-1-5-11-7-8;/h1,3,5,7H,2,4,6H2,(H,12,13);1H. The highest BCUT2D eigenvalue weighted by Gasteiger charge is 2.44. The van der Waals surface area contributed by atoms with Crippen molar-refractivity contribution in [3.63, 3.8) is 0 Å². The van der Waals surface area contributed by atoms with Crippen molar-refractivity contribution in [2.45, 2.75) is 18.4 Å². The molecular weight excluding hydrogens is 218 g/mol. The molecule has 1 aromatic rings. The smallest absolute Gasteiger partial charge is 0.340 e. The second kappa shape index (κ2) is 4.59. The van der Waals surface area contributed by atoms with Gasteiger partial charge in [-0.1, -0.05) is 6.07 Å². The van der Waals surface area contributed by atoms with Crippen molar-refractivity contribution in [1.29, 1.82) is 0 Å². The predicted octanol–water partition coefficient (Wildman–Crippen LogP) is 1.59. The van der Waals surface area contributed by atoms with Gasteiger partial charge in [0.1, 0.15) is 0 Å². The number of carboxylic acids is 1. The summed E-state index contributed by atoms with van der Waals surface area (Å²) in [5.74, 6) is -0.928. The van der Waals surface area contributed by atoms with Gasteiger partial charge in [-0.2, -0.15) is 0 Å². The van der Waals surface area contributed by atoms with Crippen LogP contribution in [0, 0.1) is 0 Å². The minimum Gasteiger partial charge on any atom is -0.479 e. The Balaban J connectivity index is 0.00000112. The van der Waals surface area contributed by atoms with Crippen molar-refractivity contribution < 1.29 is 14.6 Å². The van der Waals surface area contributed by atoms with E-state index in [1.807, 2.05) is 0 Å². The third kappa shape index (κ3) is 1.96. The Bertz CT molecular complexity index is 336. The largest absolute Gasteiger partial charge is 0.479 e. The van der Waals surface area contributed by atoms with Crippen LogP contribution in [0.5, 0.6) is 0 Å². The second-order valence-corrected chi connectivity index (χ2v) is 3.33. The fourth-order valence-electron chi connectivity index (χ4n) is 1.76. The number of carbonyl (C=O) groups is 1. The van der Waals surface area contributed by atoms with E-state index in [9.17, 15) is 4.79 Å². The number of aliphatic carboxylic acids is 1. The molecule has 2 rings (SSSR count). The zero-order valence-corrected chi connectivity index (χ0v) is 8.87. The number of pyridine rings is 1. The topological polar surface area (TPSA) is 59.4 Å². The van der Waals surface area contributed by atoms with Crippen LogP contribution in [0.2, 0.25) is 0 Å². The van der Waals surface area contributed by atoms with E-state index in [-0.39, 0.29) is 12.4 Å². The van der Waals surface area contributed by atoms with Gasteiger partial charge in [0.25, 0.3) is 0 Å². The average molecular weight is 230 g/mol. The number of hydrogen-bond acceptors (Lipinski definition) is 3. The first-order valence-corrected chi connectivity index (χ1v) is 4.53. The molecule has 0 spiro atoms. The molecule has 0 radical (unpaired) electrons. The fourth-order valence-corrected chi connectivity index (χ4v) is 1.76. The van der Waals surface area contributed by atoms with Gasteiger partial charge in [0.15, 0.2) is 5.60 Å². The lowest BCUT2D eigenvalue weighted by atomic mass is 9.92. The molecule has 5 heteroatoms. The van der Waals surface area contributed by atoms with Gasteiger partial charge in [0.05, 0.1) is 0 Å². The molecule has 1 unspecified atom stereocenters. The molecule has 1 N–H and O–H groups in total. The first-order valence-electron chi connectivity index (χ1n) is 4.53. The zero-order valence-electron chi connectivity index (χ0n) is 8.05. The van der Waals surface area contributed by atoms with E-state index in [1.165, 1.54) is 0 Å². The Labute approximate surface area is 93.7 Å². The Morgan fingerprint density at radius 3 is 2.87 bits per heavy atom. The summed E-state index contributed by atoms with van der Waals surface area (Å²) in [5.41, 5.74) is -0.529. The van der Waals surface area contributed by atoms with E-state index in [0.29, 0.717) is 18.6 Å². The maximum atomic E-state index is 11.2. The van der Waals surface area contributed by atoms with E-state index in [2.05, 4.69) is 4.98 Å². The molecule has 0 bridgehead atoms. The van der Waals surface area contributed by atoms with E-state index < -0.39 is 11.6 Å². The fraction of sp³-hybridized carbons (Fsp3) is 0.400. The maximum Gasteiger partial charge on any atom is 0.340 e. The van der Waals surface area contributed by atoms with Gasteiger partial charge in [-0.25, -0.2) is 4.79 Å². The van der Waals surface area contributed by atoms with Gasteiger partial charge >= 0.3 is 5.97 Å². The van der Waals surface area contributed by atoms with Crippen molar-refractivity contribution in [3.05, 3.63) is 30.1 Å². The highest BCUT2D eigenvalue weighted by atomic mass is 35.5. The third-order valence-electron chi connectivity index (χ3n) is 2.49. The molecule has 1 aromatic heterocycles. The number of halogens is 1. The number of aromatic nitrogens is 1. The maximum absolute atomic E-state index is 11.2. The molecule has 1 saturated heterocycles. The second-order valence-electron chi connectivity index (χ2n) is 3.33. The molecule has 15 heavy (non-hydrogen) atoms. The van der Waals surface area contributed by atoms with Gasteiger partial charge in [-0.3, -0.25) is 4.98 Å². The highest BCUT2D eigenvalue weighted by molar-refractivity contribution is 5.85. The quantitative estimate of drug-likeness (QED) is 0.837. The van der Waals surface area contributed by atoms with Gasteiger partial charge in [-0.15, -0.1) is 12.4 Å². The van der Waals surface area contributed by atoms with Crippen LogP contribution in [0.25, 0.3) is 0 Å². The third-order valence-corrected chi connectivity index (χ3v) is 2.49. The Hall–Kier alpha value is -1.13. The summed E-state index contributed by atoms with van der Waals surface area (Å²) >= 11 is 0. The Morgan fingerprint density at radius 1 is 1.60 bits per heavy atom. The summed E-state index contributed by atoms with van der Waals surface area (Å²) in [6, 6.07) is 3.47. The number of ether oxygens (including phenoxy) is 1. The molecular formula is C10H12ClNO3. The van der Waals surface area contributed by atoms with Crippen LogP contribution >= 0.6 is 12.4 Å². The summed E-state index contributed by atoms with van der Waals surface area (Å²) in [7, 11) is 0. The molecule has 0 amide bonds. The predicted molar refractivity (Wildman–Crippen MR) is 56.0 cm³/mol. The number of nitrogens with zero attached hydrogens (tertiary/aromatic N) is 1. The minimum absolute atomic E-state index is 0. The summed E-state index contributed by atoms with van der Waals surface area (Å²) in [6.07, 6.45) is 4.47. The lowest BCUT2D eigenvalue weighted by molar-refractivity contribution is -0.161. The van der Waals surface area contributed by atoms with Crippen molar-refractivity contribution in [2.24, 2.45) is 0 Å². The van der Waals surface area contributed by atoms with Crippen molar-refractivity contribution in [2.75, 3.05) is 6.61 Å². The van der Waals surface area contributed by atoms with Crippen LogP contribution in [0.1, 0.15) is 18.4 Å². The van der Waals surface area contributed by atoms with E-state index in [1.54, 1.807) is 24.5 Å². The average Bonchev–Trinajstić information content (AvgIpc) is 2.69. The first-order chi connectivity index (χ1) is 6.76. The molecule has 1 atom stereocenters. The van der Waals surface area contributed by atoms with Crippen LogP contribution in [0.3, 0.4) is 0 Å². The molecule has 0 aliphatic carbocycles. The lowest BCUT2D eigenvalue weighted by Gasteiger charge is -2.22. The summed E-state index contributed by atoms with van der Waals surface area (Å²) in [4.78, 5) is 15.1. The zero-order chi connectivity index (χ0) is 10.0. The Kier molecular flexibility index (Phi) is 3.66. The molecule has 0 saturated carbocycles. The van der Waals surface area contributed by atoms with E-state index >= 15 is 0 Å². The van der Waals surface area contributed by atoms with Crippen molar-refractivity contribution >= 4 is 18.4 Å². The monoisotopic (exact) mass is 229 g/mol. The van der Waals surface area contributed by atoms with Crippen molar-refractivity contribution in [1.82, 2.24) is 4.98 Å². The summed E-state index contributed by atoms with van der Waals surface area (Å²) in [6.45, 7) is 0.501. The number of hydrogen-bond donors (Lipinski definition) is 1. The molecule has 4 nitrogen and oxygen atoms in total. The van der Waals surface area contributed by atoms with Crippen LogP contribution in [0.15, 0.2) is 24.5 Å². The van der Waals surface area contributed by atoms with Gasteiger partial charge in [-0.05, 0) is 18.9 Å². The molecule has 0 aromatic carbocycles. The summed E-state index contributed by atoms with van der Waals surface area (Å²) in [5, 5.41) is 9.16. The van der Waals surface area contributed by atoms with E-state index in [4.69, 9.17) is 9.84 Å². The van der Waals surface area contributed by atoms with Gasteiger partial charge in [0, 0.05) is 24.6 Å². The minimum atomic E-state index is -1.16. The van der Waals surface area contributed by atoms with E-state index in [0.717, 1.165) is 6.42 Å². The van der Waals surface area contributed by atoms with Gasteiger partial charge < -0.3 is 9.84 Å². The molecule has 82 valence electrons. The van der Waals surface area contributed by atoms with Gasteiger partial charge in [0.2, 0.25) is 0 Å². The summed E-state index contributed by atoms with van der Waals surface area (Å²) < 4.78 is 5.35. The number of rotatable bonds is 2. The van der Waals surface area contributed by atoms with Crippen LogP contribution in [0.4, 0.5) is 0 Å². The van der Waals surface area contributed by atoms with Crippen LogP contribution in [-0.4, -0.2) is 22.7 Å². The Morgan fingerprint density at radius 2 is 2.40 bits per heavy atom. The molecule has 2 heterocycles. The normalized spacial score (nSPS) is 24.5. The van der Waals surface area contributed by atoms with Crippen LogP contribution < -0.4 is 0 Å².